The second-order valence-corrected chi connectivity index (χ2v) is 10.2. The molecule has 0 aromatic heterocycles. The Morgan fingerprint density at radius 1 is 1.17 bits per heavy atom. The first-order valence-electron chi connectivity index (χ1n) is 11.4. The summed E-state index contributed by atoms with van der Waals surface area (Å²) in [7, 11) is 4.03. The fourth-order valence-corrected chi connectivity index (χ4v) is 4.11. The largest absolute Gasteiger partial charge is 0.377 e. The van der Waals surface area contributed by atoms with Crippen molar-refractivity contribution < 1.29 is 9.59 Å². The molecule has 0 heterocycles. The normalized spacial score (nSPS) is 15.7. The van der Waals surface area contributed by atoms with E-state index < -0.39 is 0 Å². The summed E-state index contributed by atoms with van der Waals surface area (Å²) in [6.45, 7) is 11.1. The molecule has 2 amide bonds. The van der Waals surface area contributed by atoms with Gasteiger partial charge in [0.05, 0.1) is 0 Å². The number of anilines is 2. The number of carbonyl (C=O) groups excluding carboxylic acids is 2. The van der Waals surface area contributed by atoms with Crippen molar-refractivity contribution in [2.75, 3.05) is 24.3 Å². The molecule has 1 atom stereocenters. The number of carbonyl (C=O) groups is 2. The van der Waals surface area contributed by atoms with Gasteiger partial charge in [-0.1, -0.05) is 40.5 Å². The van der Waals surface area contributed by atoms with Gasteiger partial charge in [0.15, 0.2) is 0 Å². The van der Waals surface area contributed by atoms with E-state index in [1.165, 1.54) is 0 Å². The third kappa shape index (κ3) is 6.75. The SMILES string of the molecule is CC[C@H](C)N(Cc1cc(NC(=O)C2CCCC2)ccc1N(C)C)C(=O)CC(C)(C)C. The van der Waals surface area contributed by atoms with E-state index in [-0.39, 0.29) is 29.2 Å². The second-order valence-electron chi connectivity index (χ2n) is 10.2. The van der Waals surface area contributed by atoms with Gasteiger partial charge >= 0.3 is 0 Å². The van der Waals surface area contributed by atoms with E-state index >= 15 is 0 Å². The highest BCUT2D eigenvalue weighted by Gasteiger charge is 2.26. The van der Waals surface area contributed by atoms with Crippen LogP contribution >= 0.6 is 0 Å². The van der Waals surface area contributed by atoms with Crippen LogP contribution in [0.2, 0.25) is 0 Å². The first-order valence-corrected chi connectivity index (χ1v) is 11.4. The number of hydrogen-bond acceptors (Lipinski definition) is 3. The summed E-state index contributed by atoms with van der Waals surface area (Å²) in [6.07, 6.45) is 5.68. The molecule has 0 bridgehead atoms. The average molecular weight is 416 g/mol. The van der Waals surface area contributed by atoms with Crippen LogP contribution in [0.4, 0.5) is 11.4 Å². The molecule has 1 aromatic rings. The van der Waals surface area contributed by atoms with Crippen LogP contribution in [0.3, 0.4) is 0 Å². The topological polar surface area (TPSA) is 52.7 Å². The maximum atomic E-state index is 13.1. The van der Waals surface area contributed by atoms with Crippen LogP contribution in [-0.4, -0.2) is 36.9 Å². The Hall–Kier alpha value is -2.04. The van der Waals surface area contributed by atoms with E-state index in [4.69, 9.17) is 0 Å². The Balaban J connectivity index is 2.28. The Morgan fingerprint density at radius 3 is 2.33 bits per heavy atom. The van der Waals surface area contributed by atoms with Gasteiger partial charge in [0.25, 0.3) is 0 Å². The van der Waals surface area contributed by atoms with Crippen LogP contribution in [0.15, 0.2) is 18.2 Å². The molecule has 1 aliphatic carbocycles. The molecule has 1 saturated carbocycles. The van der Waals surface area contributed by atoms with Gasteiger partial charge in [0, 0.05) is 50.4 Å². The highest BCUT2D eigenvalue weighted by Crippen LogP contribution is 2.30. The zero-order valence-electron chi connectivity index (χ0n) is 20.0. The molecule has 1 aliphatic rings. The van der Waals surface area contributed by atoms with Gasteiger partial charge in [0.2, 0.25) is 11.8 Å². The Bertz CT molecular complexity index is 730. The zero-order valence-corrected chi connectivity index (χ0v) is 20.0. The predicted octanol–water partition coefficient (Wildman–Crippen LogP) is 5.44. The molecule has 0 radical (unpaired) electrons. The third-order valence-corrected chi connectivity index (χ3v) is 6.02. The van der Waals surface area contributed by atoms with Gasteiger partial charge in [-0.2, -0.15) is 0 Å². The number of nitrogens with zero attached hydrogens (tertiary/aromatic N) is 2. The number of amides is 2. The van der Waals surface area contributed by atoms with Crippen molar-refractivity contribution in [2.45, 2.75) is 85.7 Å². The molecule has 5 heteroatoms. The first-order chi connectivity index (χ1) is 14.0. The number of nitrogens with one attached hydrogen (secondary N) is 1. The molecule has 5 nitrogen and oxygen atoms in total. The average Bonchev–Trinajstić information content (AvgIpc) is 3.18. The Labute approximate surface area is 183 Å². The lowest BCUT2D eigenvalue weighted by atomic mass is 9.91. The molecule has 0 unspecified atom stereocenters. The minimum absolute atomic E-state index is 0.0513. The van der Waals surface area contributed by atoms with E-state index in [1.807, 2.05) is 37.2 Å². The van der Waals surface area contributed by atoms with E-state index in [0.29, 0.717) is 13.0 Å². The van der Waals surface area contributed by atoms with Crippen molar-refractivity contribution >= 4 is 23.2 Å². The molecule has 0 spiro atoms. The monoisotopic (exact) mass is 415 g/mol. The molecule has 30 heavy (non-hydrogen) atoms. The van der Waals surface area contributed by atoms with E-state index in [2.05, 4.69) is 44.8 Å². The summed E-state index contributed by atoms with van der Waals surface area (Å²) in [5.74, 6) is 0.438. The lowest BCUT2D eigenvalue weighted by Gasteiger charge is -2.33. The summed E-state index contributed by atoms with van der Waals surface area (Å²) < 4.78 is 0. The fraction of sp³-hybridized carbons (Fsp3) is 0.680. The van der Waals surface area contributed by atoms with E-state index in [1.54, 1.807) is 0 Å². The third-order valence-electron chi connectivity index (χ3n) is 6.02. The van der Waals surface area contributed by atoms with E-state index in [0.717, 1.165) is 49.0 Å². The van der Waals surface area contributed by atoms with Crippen molar-refractivity contribution in [3.05, 3.63) is 23.8 Å². The predicted molar refractivity (Wildman–Crippen MR) is 126 cm³/mol. The van der Waals surface area contributed by atoms with Crippen LogP contribution < -0.4 is 10.2 Å². The summed E-state index contributed by atoms with van der Waals surface area (Å²) in [6, 6.07) is 6.22. The van der Waals surface area contributed by atoms with Gasteiger partial charge in [-0.3, -0.25) is 9.59 Å². The molecular formula is C25H41N3O2. The summed E-state index contributed by atoms with van der Waals surface area (Å²) in [5.41, 5.74) is 2.90. The quantitative estimate of drug-likeness (QED) is 0.615. The minimum Gasteiger partial charge on any atom is -0.377 e. The molecule has 168 valence electrons. The molecule has 2 rings (SSSR count). The van der Waals surface area contributed by atoms with Crippen molar-refractivity contribution in [1.82, 2.24) is 4.90 Å². The smallest absolute Gasteiger partial charge is 0.227 e. The fourth-order valence-electron chi connectivity index (χ4n) is 4.11. The minimum atomic E-state index is -0.0513. The first kappa shape index (κ1) is 24.2. The van der Waals surface area contributed by atoms with Crippen molar-refractivity contribution in [3.63, 3.8) is 0 Å². The van der Waals surface area contributed by atoms with Crippen LogP contribution in [0, 0.1) is 11.3 Å². The van der Waals surface area contributed by atoms with E-state index in [9.17, 15) is 9.59 Å². The van der Waals surface area contributed by atoms with Crippen LogP contribution in [0.5, 0.6) is 0 Å². The van der Waals surface area contributed by atoms with Gasteiger partial charge in [0.1, 0.15) is 0 Å². The molecular weight excluding hydrogens is 374 g/mol. The van der Waals surface area contributed by atoms with Gasteiger partial charge in [-0.05, 0) is 55.4 Å². The Kier molecular flexibility index (Phi) is 8.34. The molecule has 1 N–H and O–H groups in total. The van der Waals surface area contributed by atoms with Crippen molar-refractivity contribution in [3.8, 4) is 0 Å². The number of rotatable bonds is 8. The van der Waals surface area contributed by atoms with Crippen molar-refractivity contribution in [2.24, 2.45) is 11.3 Å². The Morgan fingerprint density at radius 2 is 1.80 bits per heavy atom. The van der Waals surface area contributed by atoms with Crippen LogP contribution in [0.25, 0.3) is 0 Å². The van der Waals surface area contributed by atoms with Gasteiger partial charge in [-0.15, -0.1) is 0 Å². The summed E-state index contributed by atoms with van der Waals surface area (Å²) in [4.78, 5) is 29.8. The molecule has 0 aliphatic heterocycles. The van der Waals surface area contributed by atoms with Crippen LogP contribution in [-0.2, 0) is 16.1 Å². The van der Waals surface area contributed by atoms with Crippen LogP contribution in [0.1, 0.15) is 78.7 Å². The van der Waals surface area contributed by atoms with Gasteiger partial charge < -0.3 is 15.1 Å². The maximum Gasteiger partial charge on any atom is 0.227 e. The highest BCUT2D eigenvalue weighted by molar-refractivity contribution is 5.93. The number of hydrogen-bond donors (Lipinski definition) is 1. The lowest BCUT2D eigenvalue weighted by molar-refractivity contribution is -0.136. The van der Waals surface area contributed by atoms with Gasteiger partial charge in [-0.25, -0.2) is 0 Å². The second kappa shape index (κ2) is 10.3. The standard InChI is InChI=1S/C25H41N3O2/c1-8-18(2)28(23(29)16-25(3,4)5)17-20-15-21(13-14-22(20)27(6)7)26-24(30)19-11-9-10-12-19/h13-15,18-19H,8-12,16-17H2,1-7H3,(H,26,30)/t18-/m0/s1. The van der Waals surface area contributed by atoms with Crippen molar-refractivity contribution in [1.29, 1.82) is 0 Å². The maximum absolute atomic E-state index is 13.1. The molecule has 1 aromatic carbocycles. The number of benzene rings is 1. The molecule has 1 fully saturated rings. The molecule has 0 saturated heterocycles. The summed E-state index contributed by atoms with van der Waals surface area (Å²) >= 11 is 0. The zero-order chi connectivity index (χ0) is 22.5. The highest BCUT2D eigenvalue weighted by atomic mass is 16.2. The lowest BCUT2D eigenvalue weighted by Crippen LogP contribution is -2.39. The summed E-state index contributed by atoms with van der Waals surface area (Å²) in [5, 5.41) is 3.11.